The molecule has 6 nitrogen and oxygen atoms in total. The summed E-state index contributed by atoms with van der Waals surface area (Å²) in [5.41, 5.74) is 3.11. The number of hydrogen-bond acceptors (Lipinski definition) is 4. The Morgan fingerprint density at radius 3 is 2.48 bits per heavy atom. The number of anilines is 1. The lowest BCUT2D eigenvalue weighted by Crippen LogP contribution is -2.22. The van der Waals surface area contributed by atoms with Gasteiger partial charge in [0.2, 0.25) is 0 Å². The monoisotopic (exact) mass is 364 g/mol. The number of carbonyl (C=O) groups is 2. The molecule has 138 valence electrons. The van der Waals surface area contributed by atoms with E-state index < -0.39 is 0 Å². The lowest BCUT2D eigenvalue weighted by molar-refractivity contribution is 0.0949. The zero-order valence-electron chi connectivity index (χ0n) is 14.9. The highest BCUT2D eigenvalue weighted by Gasteiger charge is 2.09. The molecule has 2 aromatic carbocycles. The van der Waals surface area contributed by atoms with Crippen LogP contribution in [0.15, 0.2) is 71.3 Å². The van der Waals surface area contributed by atoms with E-state index in [0.29, 0.717) is 24.4 Å². The highest BCUT2D eigenvalue weighted by molar-refractivity contribution is 6.02. The maximum absolute atomic E-state index is 12.3. The van der Waals surface area contributed by atoms with Gasteiger partial charge in [0.15, 0.2) is 5.76 Å². The molecule has 0 fully saturated rings. The number of benzene rings is 2. The highest BCUT2D eigenvalue weighted by atomic mass is 16.5. The second-order valence-electron chi connectivity index (χ2n) is 5.94. The average molecular weight is 364 g/mol. The molecule has 0 aliphatic carbocycles. The number of hydrogen-bond donors (Lipinski definition) is 2. The van der Waals surface area contributed by atoms with E-state index in [1.165, 1.54) is 6.26 Å². The minimum atomic E-state index is -0.308. The van der Waals surface area contributed by atoms with Gasteiger partial charge in [-0.05, 0) is 47.5 Å². The van der Waals surface area contributed by atoms with Crippen molar-refractivity contribution in [2.45, 2.75) is 13.2 Å². The van der Waals surface area contributed by atoms with Gasteiger partial charge in [-0.15, -0.1) is 0 Å². The van der Waals surface area contributed by atoms with Crippen molar-refractivity contribution < 1.29 is 18.7 Å². The minimum absolute atomic E-state index is 0.150. The van der Waals surface area contributed by atoms with E-state index in [2.05, 4.69) is 10.6 Å². The van der Waals surface area contributed by atoms with Gasteiger partial charge in [0.05, 0.1) is 12.9 Å². The average Bonchev–Trinajstić information content (AvgIpc) is 3.23. The van der Waals surface area contributed by atoms with E-state index in [9.17, 15) is 9.59 Å². The first-order valence-electron chi connectivity index (χ1n) is 8.45. The molecule has 2 amide bonds. The molecular formula is C21H20N2O4. The van der Waals surface area contributed by atoms with Crippen LogP contribution in [-0.4, -0.2) is 18.9 Å². The summed E-state index contributed by atoms with van der Waals surface area (Å²) in [5, 5.41) is 5.63. The molecule has 0 radical (unpaired) electrons. The number of amides is 2. The number of furan rings is 1. The van der Waals surface area contributed by atoms with Gasteiger partial charge in [0.1, 0.15) is 0 Å². The van der Waals surface area contributed by atoms with E-state index >= 15 is 0 Å². The Hall–Kier alpha value is -3.38. The quantitative estimate of drug-likeness (QED) is 0.671. The molecule has 0 aliphatic heterocycles. The van der Waals surface area contributed by atoms with Crippen molar-refractivity contribution in [2.24, 2.45) is 0 Å². The first kappa shape index (κ1) is 18.4. The van der Waals surface area contributed by atoms with Gasteiger partial charge >= 0.3 is 0 Å². The zero-order chi connectivity index (χ0) is 19.1. The Morgan fingerprint density at radius 2 is 1.78 bits per heavy atom. The molecule has 0 spiro atoms. The van der Waals surface area contributed by atoms with Gasteiger partial charge in [-0.1, -0.05) is 24.3 Å². The maximum atomic E-state index is 12.3. The van der Waals surface area contributed by atoms with Crippen LogP contribution in [-0.2, 0) is 17.9 Å². The van der Waals surface area contributed by atoms with Crippen LogP contribution < -0.4 is 10.6 Å². The molecule has 6 heteroatoms. The van der Waals surface area contributed by atoms with E-state index in [-0.39, 0.29) is 17.6 Å². The largest absolute Gasteiger partial charge is 0.459 e. The zero-order valence-corrected chi connectivity index (χ0v) is 14.9. The maximum Gasteiger partial charge on any atom is 0.291 e. The van der Waals surface area contributed by atoms with E-state index in [0.717, 1.165) is 11.1 Å². The number of nitrogens with one attached hydrogen (secondary N) is 2. The predicted molar refractivity (Wildman–Crippen MR) is 101 cm³/mol. The molecule has 0 saturated carbocycles. The third-order valence-electron chi connectivity index (χ3n) is 3.91. The summed E-state index contributed by atoms with van der Waals surface area (Å²) in [6.45, 7) is 0.853. The van der Waals surface area contributed by atoms with Crippen molar-refractivity contribution in [3.05, 3.63) is 89.4 Å². The van der Waals surface area contributed by atoms with Crippen molar-refractivity contribution in [2.75, 3.05) is 12.4 Å². The van der Waals surface area contributed by atoms with E-state index in [1.54, 1.807) is 37.4 Å². The fourth-order valence-corrected chi connectivity index (χ4v) is 2.56. The molecular weight excluding hydrogens is 344 g/mol. The van der Waals surface area contributed by atoms with Crippen molar-refractivity contribution in [1.82, 2.24) is 5.32 Å². The number of carbonyl (C=O) groups excluding carboxylic acids is 2. The molecule has 3 aromatic rings. The minimum Gasteiger partial charge on any atom is -0.459 e. The van der Waals surface area contributed by atoms with Gasteiger partial charge in [0.25, 0.3) is 11.8 Å². The van der Waals surface area contributed by atoms with Crippen LogP contribution in [0.4, 0.5) is 5.69 Å². The fourth-order valence-electron chi connectivity index (χ4n) is 2.56. The number of rotatable bonds is 7. The SMILES string of the molecule is COCc1cccc(C(=O)NCc2ccc(NC(=O)c3ccco3)cc2)c1. The van der Waals surface area contributed by atoms with Crippen molar-refractivity contribution in [3.63, 3.8) is 0 Å². The van der Waals surface area contributed by atoms with Crippen LogP contribution in [0.2, 0.25) is 0 Å². The summed E-state index contributed by atoms with van der Waals surface area (Å²) in [6, 6.07) is 17.8. The Kier molecular flexibility index (Phi) is 6.02. The van der Waals surface area contributed by atoms with E-state index in [1.807, 2.05) is 30.3 Å². The lowest BCUT2D eigenvalue weighted by atomic mass is 10.1. The van der Waals surface area contributed by atoms with Crippen LogP contribution in [0.1, 0.15) is 32.0 Å². The topological polar surface area (TPSA) is 80.6 Å². The molecule has 27 heavy (non-hydrogen) atoms. The van der Waals surface area contributed by atoms with Gasteiger partial charge in [-0.2, -0.15) is 0 Å². The Labute approximate surface area is 157 Å². The Morgan fingerprint density at radius 1 is 0.963 bits per heavy atom. The molecule has 0 saturated heterocycles. The normalized spacial score (nSPS) is 10.4. The summed E-state index contributed by atoms with van der Waals surface area (Å²) >= 11 is 0. The van der Waals surface area contributed by atoms with E-state index in [4.69, 9.17) is 9.15 Å². The van der Waals surface area contributed by atoms with Crippen LogP contribution in [0.25, 0.3) is 0 Å². The van der Waals surface area contributed by atoms with Crippen LogP contribution in [0.3, 0.4) is 0 Å². The Bertz CT molecular complexity index is 902. The first-order valence-corrected chi connectivity index (χ1v) is 8.45. The molecule has 0 aliphatic rings. The van der Waals surface area contributed by atoms with Crippen molar-refractivity contribution >= 4 is 17.5 Å². The summed E-state index contributed by atoms with van der Waals surface area (Å²) in [7, 11) is 1.62. The number of ether oxygens (including phenoxy) is 1. The van der Waals surface area contributed by atoms with Crippen LogP contribution in [0.5, 0.6) is 0 Å². The molecule has 0 bridgehead atoms. The highest BCUT2D eigenvalue weighted by Crippen LogP contribution is 2.12. The fraction of sp³-hybridized carbons (Fsp3) is 0.143. The van der Waals surface area contributed by atoms with Gasteiger partial charge < -0.3 is 19.8 Å². The van der Waals surface area contributed by atoms with Gasteiger partial charge in [-0.25, -0.2) is 0 Å². The van der Waals surface area contributed by atoms with Gasteiger partial charge in [0, 0.05) is 24.9 Å². The molecule has 0 atom stereocenters. The summed E-state index contributed by atoms with van der Waals surface area (Å²) in [6.07, 6.45) is 1.45. The smallest absolute Gasteiger partial charge is 0.291 e. The second-order valence-corrected chi connectivity index (χ2v) is 5.94. The van der Waals surface area contributed by atoms with Gasteiger partial charge in [-0.3, -0.25) is 9.59 Å². The summed E-state index contributed by atoms with van der Waals surface area (Å²) in [5.74, 6) is -0.206. The molecule has 3 rings (SSSR count). The molecule has 1 heterocycles. The summed E-state index contributed by atoms with van der Waals surface area (Å²) < 4.78 is 10.1. The molecule has 2 N–H and O–H groups in total. The summed E-state index contributed by atoms with van der Waals surface area (Å²) in [4.78, 5) is 24.2. The predicted octanol–water partition coefficient (Wildman–Crippen LogP) is 3.61. The van der Waals surface area contributed by atoms with Crippen LogP contribution in [0, 0.1) is 0 Å². The number of methoxy groups -OCH3 is 1. The molecule has 0 unspecified atom stereocenters. The third kappa shape index (κ3) is 5.05. The molecule has 1 aromatic heterocycles. The first-order chi connectivity index (χ1) is 13.2. The van der Waals surface area contributed by atoms with Crippen LogP contribution >= 0.6 is 0 Å². The van der Waals surface area contributed by atoms with Crippen molar-refractivity contribution in [3.8, 4) is 0 Å². The third-order valence-corrected chi connectivity index (χ3v) is 3.91. The Balaban J connectivity index is 1.54. The lowest BCUT2D eigenvalue weighted by Gasteiger charge is -2.08. The second kappa shape index (κ2) is 8.82. The standard InChI is InChI=1S/C21H20N2O4/c1-26-14-16-4-2-5-17(12-16)20(24)22-13-15-7-9-18(10-8-15)23-21(25)19-6-3-11-27-19/h2-12H,13-14H2,1H3,(H,22,24)(H,23,25). The van der Waals surface area contributed by atoms with Crippen molar-refractivity contribution in [1.29, 1.82) is 0 Å².